The number of hydrogen-bond donors (Lipinski definition) is 2. The van der Waals surface area contributed by atoms with E-state index in [1.54, 1.807) is 0 Å². The van der Waals surface area contributed by atoms with Gasteiger partial charge in [0.1, 0.15) is 0 Å². The number of likely N-dealkylation sites (tertiary alicyclic amines) is 1. The van der Waals surface area contributed by atoms with Crippen LogP contribution >= 0.6 is 0 Å². The van der Waals surface area contributed by atoms with Gasteiger partial charge < -0.3 is 19.8 Å². The summed E-state index contributed by atoms with van der Waals surface area (Å²) in [5.41, 5.74) is -0.0637. The molecule has 2 aliphatic rings. The first kappa shape index (κ1) is 13.3. The van der Waals surface area contributed by atoms with E-state index in [2.05, 4.69) is 4.90 Å². The molecule has 0 aromatic heterocycles. The summed E-state index contributed by atoms with van der Waals surface area (Å²) in [5, 5.41) is 19.2. The number of nitrogens with zero attached hydrogens (tertiary/aromatic N) is 1. The van der Waals surface area contributed by atoms with Crippen molar-refractivity contribution in [2.45, 2.75) is 32.3 Å². The third-order valence-electron chi connectivity index (χ3n) is 4.29. The lowest BCUT2D eigenvalue weighted by Crippen LogP contribution is -2.45. The average Bonchev–Trinajstić information content (AvgIpc) is 2.79. The molecule has 3 unspecified atom stereocenters. The van der Waals surface area contributed by atoms with Crippen LogP contribution in [0.1, 0.15) is 26.2 Å². The molecule has 0 aromatic rings. The second kappa shape index (κ2) is 5.65. The molecule has 4 nitrogen and oxygen atoms in total. The second-order valence-electron chi connectivity index (χ2n) is 5.84. The van der Waals surface area contributed by atoms with E-state index < -0.39 is 0 Å². The van der Waals surface area contributed by atoms with Crippen molar-refractivity contribution >= 4 is 0 Å². The van der Waals surface area contributed by atoms with E-state index in [9.17, 15) is 10.2 Å². The Hall–Kier alpha value is -0.160. The standard InChI is InChI=1S/C13H25NO3/c1-11(16)12-3-5-14(7-12)8-13(9-15)4-2-6-17-10-13/h11-12,15-16H,2-10H2,1H3. The molecule has 4 heteroatoms. The first-order valence-corrected chi connectivity index (χ1v) is 6.74. The Balaban J connectivity index is 1.87. The van der Waals surface area contributed by atoms with Crippen molar-refractivity contribution in [1.29, 1.82) is 0 Å². The molecule has 0 aliphatic carbocycles. The van der Waals surface area contributed by atoms with E-state index in [4.69, 9.17) is 4.74 Å². The SMILES string of the molecule is CC(O)C1CCN(CC2(CO)CCCOC2)C1. The zero-order valence-corrected chi connectivity index (χ0v) is 10.8. The zero-order chi connectivity index (χ0) is 12.3. The number of aliphatic hydroxyl groups is 2. The Morgan fingerprint density at radius 2 is 2.35 bits per heavy atom. The molecule has 0 saturated carbocycles. The maximum absolute atomic E-state index is 9.62. The van der Waals surface area contributed by atoms with Crippen LogP contribution in [-0.2, 0) is 4.74 Å². The maximum Gasteiger partial charge on any atom is 0.0556 e. The van der Waals surface area contributed by atoms with Crippen LogP contribution in [0.3, 0.4) is 0 Å². The van der Waals surface area contributed by atoms with Crippen molar-refractivity contribution in [2.75, 3.05) is 39.5 Å². The van der Waals surface area contributed by atoms with Crippen LogP contribution in [0, 0.1) is 11.3 Å². The number of ether oxygens (including phenoxy) is 1. The minimum atomic E-state index is -0.215. The predicted molar refractivity (Wildman–Crippen MR) is 65.8 cm³/mol. The Morgan fingerprint density at radius 1 is 1.53 bits per heavy atom. The van der Waals surface area contributed by atoms with Crippen molar-refractivity contribution < 1.29 is 14.9 Å². The highest BCUT2D eigenvalue weighted by Crippen LogP contribution is 2.31. The first-order valence-electron chi connectivity index (χ1n) is 6.74. The van der Waals surface area contributed by atoms with E-state index in [1.165, 1.54) is 0 Å². The fraction of sp³-hybridized carbons (Fsp3) is 1.00. The van der Waals surface area contributed by atoms with Crippen molar-refractivity contribution in [2.24, 2.45) is 11.3 Å². The highest BCUT2D eigenvalue weighted by atomic mass is 16.5. The quantitative estimate of drug-likeness (QED) is 0.754. The second-order valence-corrected chi connectivity index (χ2v) is 5.84. The Bertz CT molecular complexity index is 239. The molecule has 2 rings (SSSR count). The summed E-state index contributed by atoms with van der Waals surface area (Å²) in [7, 11) is 0. The van der Waals surface area contributed by atoms with E-state index in [0.29, 0.717) is 12.5 Å². The molecule has 2 heterocycles. The van der Waals surface area contributed by atoms with Gasteiger partial charge in [-0.1, -0.05) is 0 Å². The van der Waals surface area contributed by atoms with Crippen LogP contribution < -0.4 is 0 Å². The molecular weight excluding hydrogens is 218 g/mol. The normalized spacial score (nSPS) is 37.2. The topological polar surface area (TPSA) is 52.9 Å². The van der Waals surface area contributed by atoms with Gasteiger partial charge in [0.05, 0.1) is 19.3 Å². The van der Waals surface area contributed by atoms with Gasteiger partial charge in [-0.3, -0.25) is 0 Å². The molecule has 2 aliphatic heterocycles. The predicted octanol–water partition coefficient (Wildman–Crippen LogP) is 0.478. The van der Waals surface area contributed by atoms with Gasteiger partial charge >= 0.3 is 0 Å². The van der Waals surface area contributed by atoms with Gasteiger partial charge in [-0.2, -0.15) is 0 Å². The molecule has 100 valence electrons. The molecule has 2 saturated heterocycles. The van der Waals surface area contributed by atoms with Gasteiger partial charge in [0.25, 0.3) is 0 Å². The maximum atomic E-state index is 9.62. The van der Waals surface area contributed by atoms with E-state index in [1.807, 2.05) is 6.92 Å². The highest BCUT2D eigenvalue weighted by Gasteiger charge is 2.37. The largest absolute Gasteiger partial charge is 0.396 e. The van der Waals surface area contributed by atoms with Crippen LogP contribution in [0.4, 0.5) is 0 Å². The molecule has 0 bridgehead atoms. The lowest BCUT2D eigenvalue weighted by molar-refractivity contribution is -0.0534. The molecule has 0 amide bonds. The Morgan fingerprint density at radius 3 is 2.88 bits per heavy atom. The molecule has 17 heavy (non-hydrogen) atoms. The van der Waals surface area contributed by atoms with Crippen LogP contribution in [0.25, 0.3) is 0 Å². The minimum Gasteiger partial charge on any atom is -0.396 e. The molecule has 0 spiro atoms. The summed E-state index contributed by atoms with van der Waals surface area (Å²) >= 11 is 0. The molecular formula is C13H25NO3. The Labute approximate surface area is 104 Å². The van der Waals surface area contributed by atoms with E-state index in [0.717, 1.165) is 45.5 Å². The van der Waals surface area contributed by atoms with Gasteiger partial charge in [0.15, 0.2) is 0 Å². The number of hydrogen-bond acceptors (Lipinski definition) is 4. The fourth-order valence-corrected chi connectivity index (χ4v) is 3.08. The van der Waals surface area contributed by atoms with Gasteiger partial charge in [-0.25, -0.2) is 0 Å². The van der Waals surface area contributed by atoms with Gasteiger partial charge in [0.2, 0.25) is 0 Å². The van der Waals surface area contributed by atoms with Crippen molar-refractivity contribution in [3.05, 3.63) is 0 Å². The van der Waals surface area contributed by atoms with E-state index >= 15 is 0 Å². The van der Waals surface area contributed by atoms with Crippen LogP contribution in [0.5, 0.6) is 0 Å². The minimum absolute atomic E-state index is 0.0637. The highest BCUT2D eigenvalue weighted by molar-refractivity contribution is 4.88. The smallest absolute Gasteiger partial charge is 0.0556 e. The molecule has 3 atom stereocenters. The molecule has 0 radical (unpaired) electrons. The number of rotatable bonds is 4. The summed E-state index contributed by atoms with van der Waals surface area (Å²) < 4.78 is 5.52. The summed E-state index contributed by atoms with van der Waals surface area (Å²) in [5.74, 6) is 0.398. The first-order chi connectivity index (χ1) is 8.15. The summed E-state index contributed by atoms with van der Waals surface area (Å²) in [6.45, 7) is 6.50. The lowest BCUT2D eigenvalue weighted by atomic mass is 9.83. The molecule has 0 aromatic carbocycles. The van der Waals surface area contributed by atoms with Gasteiger partial charge in [0, 0.05) is 25.1 Å². The van der Waals surface area contributed by atoms with Crippen molar-refractivity contribution in [3.8, 4) is 0 Å². The van der Waals surface area contributed by atoms with Crippen LogP contribution in [-0.4, -0.2) is 60.7 Å². The monoisotopic (exact) mass is 243 g/mol. The summed E-state index contributed by atoms with van der Waals surface area (Å²) in [6.07, 6.45) is 2.96. The third kappa shape index (κ3) is 3.19. The van der Waals surface area contributed by atoms with Crippen molar-refractivity contribution in [3.63, 3.8) is 0 Å². The fourth-order valence-electron chi connectivity index (χ4n) is 3.08. The summed E-state index contributed by atoms with van der Waals surface area (Å²) in [6, 6.07) is 0. The Kier molecular flexibility index (Phi) is 4.42. The third-order valence-corrected chi connectivity index (χ3v) is 4.29. The van der Waals surface area contributed by atoms with Crippen LogP contribution in [0.2, 0.25) is 0 Å². The molecule has 2 N–H and O–H groups in total. The molecule has 2 fully saturated rings. The van der Waals surface area contributed by atoms with Gasteiger partial charge in [-0.15, -0.1) is 0 Å². The average molecular weight is 243 g/mol. The lowest BCUT2D eigenvalue weighted by Gasteiger charge is -2.38. The zero-order valence-electron chi connectivity index (χ0n) is 10.8. The van der Waals surface area contributed by atoms with E-state index in [-0.39, 0.29) is 18.1 Å². The summed E-state index contributed by atoms with van der Waals surface area (Å²) in [4.78, 5) is 2.38. The number of aliphatic hydroxyl groups excluding tert-OH is 2. The van der Waals surface area contributed by atoms with Crippen molar-refractivity contribution in [1.82, 2.24) is 4.90 Å². The van der Waals surface area contributed by atoms with Crippen LogP contribution in [0.15, 0.2) is 0 Å². The van der Waals surface area contributed by atoms with Gasteiger partial charge in [-0.05, 0) is 38.6 Å².